The van der Waals surface area contributed by atoms with E-state index < -0.39 is 11.9 Å². The van der Waals surface area contributed by atoms with Crippen molar-refractivity contribution in [1.29, 1.82) is 0 Å². The molecule has 11 heteroatoms. The first-order valence-electron chi connectivity index (χ1n) is 9.22. The van der Waals surface area contributed by atoms with E-state index in [9.17, 15) is 14.3 Å². The molecule has 1 aromatic heterocycles. The Morgan fingerprint density at radius 1 is 1.20 bits per heavy atom. The van der Waals surface area contributed by atoms with Crippen LogP contribution in [0.4, 0.5) is 20.7 Å². The van der Waals surface area contributed by atoms with Crippen molar-refractivity contribution in [3.63, 3.8) is 0 Å². The summed E-state index contributed by atoms with van der Waals surface area (Å²) in [5, 5.41) is 15.4. The number of carboxylic acid groups (broad SMARTS) is 1. The molecular weight excluding hydrogens is 452 g/mol. The molecule has 160 valence electrons. The monoisotopic (exact) mass is 471 g/mol. The van der Waals surface area contributed by atoms with Gasteiger partial charge in [-0.05, 0) is 36.8 Å². The second-order valence-corrected chi connectivity index (χ2v) is 7.79. The fraction of sp³-hybridized carbons (Fsp3) is 0.316. The number of thiocarbonyl (C=S) groups is 1. The van der Waals surface area contributed by atoms with Crippen LogP contribution in [0.5, 0.6) is 0 Å². The lowest BCUT2D eigenvalue weighted by atomic mass is 10.2. The normalized spacial score (nSPS) is 14.2. The summed E-state index contributed by atoms with van der Waals surface area (Å²) in [4.78, 5) is 19.2. The summed E-state index contributed by atoms with van der Waals surface area (Å²) in [7, 11) is 0. The van der Waals surface area contributed by atoms with E-state index >= 15 is 0 Å². The molecule has 0 aliphatic carbocycles. The van der Waals surface area contributed by atoms with Gasteiger partial charge in [-0.3, -0.25) is 0 Å². The summed E-state index contributed by atoms with van der Waals surface area (Å²) >= 11 is 17.2. The second-order valence-electron chi connectivity index (χ2n) is 6.63. The van der Waals surface area contributed by atoms with Crippen LogP contribution in [0.1, 0.15) is 12.0 Å². The standard InChI is InChI=1S/C19H20Cl2FN5O2S/c20-15-13(22)4-5-14(16(15)21)25-18(30)24-11-12-3-1-6-23-17(12)26-7-2-8-27(10-9-26)19(28)29/h1,3-6H,2,7-11H2,(H,28,29)(H2,24,25,30). The van der Waals surface area contributed by atoms with E-state index in [1.165, 1.54) is 17.0 Å². The summed E-state index contributed by atoms with van der Waals surface area (Å²) in [6.45, 7) is 2.58. The molecule has 30 heavy (non-hydrogen) atoms. The molecule has 1 amide bonds. The van der Waals surface area contributed by atoms with Crippen molar-refractivity contribution in [2.45, 2.75) is 13.0 Å². The average Bonchev–Trinajstić information content (AvgIpc) is 2.99. The molecule has 0 radical (unpaired) electrons. The number of hydrogen-bond acceptors (Lipinski definition) is 4. The van der Waals surface area contributed by atoms with Crippen LogP contribution in [-0.2, 0) is 6.54 Å². The van der Waals surface area contributed by atoms with Gasteiger partial charge in [0.05, 0.1) is 15.7 Å². The maximum absolute atomic E-state index is 13.4. The minimum atomic E-state index is -0.907. The molecule has 3 rings (SSSR count). The number of carbonyl (C=O) groups is 1. The molecule has 1 saturated heterocycles. The van der Waals surface area contributed by atoms with Crippen LogP contribution in [-0.4, -0.2) is 52.4 Å². The topological polar surface area (TPSA) is 80.7 Å². The van der Waals surface area contributed by atoms with E-state index in [0.29, 0.717) is 43.5 Å². The van der Waals surface area contributed by atoms with Crippen molar-refractivity contribution in [1.82, 2.24) is 15.2 Å². The minimum absolute atomic E-state index is 0.0513. The van der Waals surface area contributed by atoms with E-state index in [-0.39, 0.29) is 10.0 Å². The highest BCUT2D eigenvalue weighted by atomic mass is 35.5. The number of amides is 1. The smallest absolute Gasteiger partial charge is 0.407 e. The molecule has 1 aliphatic rings. The van der Waals surface area contributed by atoms with Crippen molar-refractivity contribution in [3.8, 4) is 0 Å². The van der Waals surface area contributed by atoms with Gasteiger partial charge in [-0.15, -0.1) is 0 Å². The molecule has 1 aromatic carbocycles. The lowest BCUT2D eigenvalue weighted by Crippen LogP contribution is -2.35. The third-order valence-electron chi connectivity index (χ3n) is 4.66. The van der Waals surface area contributed by atoms with Crippen LogP contribution in [0.3, 0.4) is 0 Å². The zero-order valence-electron chi connectivity index (χ0n) is 15.9. The molecule has 2 heterocycles. The van der Waals surface area contributed by atoms with Gasteiger partial charge in [-0.1, -0.05) is 29.3 Å². The predicted octanol–water partition coefficient (Wildman–Crippen LogP) is 4.20. The van der Waals surface area contributed by atoms with E-state index in [4.69, 9.17) is 35.4 Å². The van der Waals surface area contributed by atoms with Crippen molar-refractivity contribution in [2.24, 2.45) is 0 Å². The summed E-state index contributed by atoms with van der Waals surface area (Å²) in [5.41, 5.74) is 1.31. The van der Waals surface area contributed by atoms with Gasteiger partial charge >= 0.3 is 6.09 Å². The number of pyridine rings is 1. The fourth-order valence-corrected chi connectivity index (χ4v) is 3.69. The lowest BCUT2D eigenvalue weighted by Gasteiger charge is -2.24. The Labute approximate surface area is 188 Å². The van der Waals surface area contributed by atoms with Crippen LogP contribution in [0, 0.1) is 5.82 Å². The molecule has 1 fully saturated rings. The fourth-order valence-electron chi connectivity index (χ4n) is 3.14. The van der Waals surface area contributed by atoms with E-state index in [1.807, 2.05) is 12.1 Å². The van der Waals surface area contributed by atoms with Crippen molar-refractivity contribution >= 4 is 58.1 Å². The molecule has 0 unspecified atom stereocenters. The number of benzene rings is 1. The van der Waals surface area contributed by atoms with Gasteiger partial charge in [0.25, 0.3) is 0 Å². The second kappa shape index (κ2) is 10.1. The summed E-state index contributed by atoms with van der Waals surface area (Å²) < 4.78 is 13.4. The molecule has 3 N–H and O–H groups in total. The summed E-state index contributed by atoms with van der Waals surface area (Å²) in [6.07, 6.45) is 1.52. The molecule has 2 aromatic rings. The maximum atomic E-state index is 13.4. The van der Waals surface area contributed by atoms with Crippen LogP contribution < -0.4 is 15.5 Å². The number of nitrogens with zero attached hydrogens (tertiary/aromatic N) is 3. The molecular formula is C19H20Cl2FN5O2S. The lowest BCUT2D eigenvalue weighted by molar-refractivity contribution is 0.148. The number of nitrogens with one attached hydrogen (secondary N) is 2. The molecule has 0 spiro atoms. The van der Waals surface area contributed by atoms with Crippen LogP contribution in [0.15, 0.2) is 30.5 Å². The number of anilines is 2. The Morgan fingerprint density at radius 2 is 2.00 bits per heavy atom. The highest BCUT2D eigenvalue weighted by Gasteiger charge is 2.20. The average molecular weight is 472 g/mol. The van der Waals surface area contributed by atoms with Gasteiger partial charge in [0.2, 0.25) is 0 Å². The highest BCUT2D eigenvalue weighted by molar-refractivity contribution is 7.80. The van der Waals surface area contributed by atoms with Crippen molar-refractivity contribution < 1.29 is 14.3 Å². The number of hydrogen-bond donors (Lipinski definition) is 3. The predicted molar refractivity (Wildman–Crippen MR) is 120 cm³/mol. The van der Waals surface area contributed by atoms with Gasteiger partial charge in [0.15, 0.2) is 5.11 Å². The SMILES string of the molecule is O=C(O)N1CCCN(c2ncccc2CNC(=S)Nc2ccc(F)c(Cl)c2Cl)CC1. The number of rotatable bonds is 4. The highest BCUT2D eigenvalue weighted by Crippen LogP contribution is 2.32. The van der Waals surface area contributed by atoms with E-state index in [2.05, 4.69) is 20.5 Å². The first kappa shape index (κ1) is 22.3. The maximum Gasteiger partial charge on any atom is 0.407 e. The molecule has 0 bridgehead atoms. The van der Waals surface area contributed by atoms with E-state index in [0.717, 1.165) is 17.8 Å². The summed E-state index contributed by atoms with van der Waals surface area (Å²) in [5.74, 6) is 0.174. The van der Waals surface area contributed by atoms with Crippen molar-refractivity contribution in [3.05, 3.63) is 51.9 Å². The van der Waals surface area contributed by atoms with Crippen LogP contribution in [0.2, 0.25) is 10.0 Å². The largest absolute Gasteiger partial charge is 0.465 e. The van der Waals surface area contributed by atoms with Gasteiger partial charge in [0.1, 0.15) is 11.6 Å². The Kier molecular flexibility index (Phi) is 7.52. The van der Waals surface area contributed by atoms with Crippen molar-refractivity contribution in [2.75, 3.05) is 36.4 Å². The van der Waals surface area contributed by atoms with Crippen LogP contribution >= 0.6 is 35.4 Å². The molecule has 7 nitrogen and oxygen atoms in total. The van der Waals surface area contributed by atoms with Gasteiger partial charge in [0, 0.05) is 44.5 Å². The molecule has 0 saturated carbocycles. The minimum Gasteiger partial charge on any atom is -0.465 e. The Hall–Kier alpha value is -2.36. The quantitative estimate of drug-likeness (QED) is 0.455. The Bertz CT molecular complexity index is 949. The number of halogens is 3. The number of aromatic nitrogens is 1. The summed E-state index contributed by atoms with van der Waals surface area (Å²) in [6, 6.07) is 6.42. The first-order chi connectivity index (χ1) is 14.4. The zero-order valence-corrected chi connectivity index (χ0v) is 18.2. The Balaban J connectivity index is 1.64. The third-order valence-corrected chi connectivity index (χ3v) is 5.76. The molecule has 0 atom stereocenters. The van der Waals surface area contributed by atoms with Crippen LogP contribution in [0.25, 0.3) is 0 Å². The van der Waals surface area contributed by atoms with Gasteiger partial charge < -0.3 is 25.5 Å². The Morgan fingerprint density at radius 3 is 2.77 bits per heavy atom. The first-order valence-corrected chi connectivity index (χ1v) is 10.4. The van der Waals surface area contributed by atoms with Gasteiger partial charge in [-0.2, -0.15) is 0 Å². The molecule has 1 aliphatic heterocycles. The zero-order chi connectivity index (χ0) is 21.7. The van der Waals surface area contributed by atoms with Gasteiger partial charge in [-0.25, -0.2) is 14.2 Å². The van der Waals surface area contributed by atoms with E-state index in [1.54, 1.807) is 6.20 Å². The third kappa shape index (κ3) is 5.41.